The van der Waals surface area contributed by atoms with E-state index in [2.05, 4.69) is 6.92 Å². The molecule has 0 N–H and O–H groups in total. The first-order chi connectivity index (χ1) is 10.8. The van der Waals surface area contributed by atoms with E-state index in [9.17, 15) is 0 Å². The number of rotatable bonds is 12. The minimum absolute atomic E-state index is 0.0577. The summed E-state index contributed by atoms with van der Waals surface area (Å²) in [5.74, 6) is 0. The molecule has 0 aliphatic heterocycles. The molecule has 3 nitrogen and oxygen atoms in total. The van der Waals surface area contributed by atoms with Crippen molar-refractivity contribution in [3.05, 3.63) is 0 Å². The van der Waals surface area contributed by atoms with E-state index in [1.807, 2.05) is 13.8 Å². The van der Waals surface area contributed by atoms with Crippen molar-refractivity contribution in [2.75, 3.05) is 13.2 Å². The lowest BCUT2D eigenvalue weighted by molar-refractivity contribution is -0.138. The van der Waals surface area contributed by atoms with E-state index in [4.69, 9.17) is 14.5 Å². The highest BCUT2D eigenvalue weighted by atomic mass is 16.7. The second-order valence-corrected chi connectivity index (χ2v) is 6.32. The van der Waals surface area contributed by atoms with Crippen LogP contribution < -0.4 is 0 Å². The molecule has 3 heteroatoms. The average molecular weight is 312 g/mol. The first kappa shape index (κ1) is 19.6. The van der Waals surface area contributed by atoms with Gasteiger partial charge in [0.25, 0.3) is 0 Å². The van der Waals surface area contributed by atoms with E-state index in [-0.39, 0.29) is 6.29 Å². The molecule has 1 rings (SSSR count). The van der Waals surface area contributed by atoms with Crippen LogP contribution in [0.2, 0.25) is 0 Å². The monoisotopic (exact) mass is 311 g/mol. The van der Waals surface area contributed by atoms with Gasteiger partial charge in [0.15, 0.2) is 6.29 Å². The maximum atomic E-state index is 5.67. The fourth-order valence-electron chi connectivity index (χ4n) is 3.17. The summed E-state index contributed by atoms with van der Waals surface area (Å²) >= 11 is 0. The lowest BCUT2D eigenvalue weighted by Gasteiger charge is -2.21. The third-order valence-electron chi connectivity index (χ3n) is 4.38. The zero-order chi connectivity index (χ0) is 16.0. The van der Waals surface area contributed by atoms with Crippen LogP contribution in [0.1, 0.15) is 91.4 Å². The van der Waals surface area contributed by atoms with E-state index in [1.54, 1.807) is 0 Å². The third kappa shape index (κ3) is 8.89. The van der Waals surface area contributed by atoms with Crippen LogP contribution in [0, 0.1) is 0 Å². The van der Waals surface area contributed by atoms with Crippen molar-refractivity contribution in [2.45, 2.75) is 104 Å². The number of aliphatic imine (C=N–C) groups is 1. The Hall–Kier alpha value is -0.410. The van der Waals surface area contributed by atoms with Gasteiger partial charge in [0.1, 0.15) is 0 Å². The number of hydrogen-bond acceptors (Lipinski definition) is 3. The molecule has 130 valence electrons. The van der Waals surface area contributed by atoms with Crippen LogP contribution in [0.25, 0.3) is 0 Å². The van der Waals surface area contributed by atoms with Crippen LogP contribution in [0.15, 0.2) is 4.99 Å². The Labute approximate surface area is 137 Å². The Balaban J connectivity index is 2.49. The average Bonchev–Trinajstić information content (AvgIpc) is 2.54. The van der Waals surface area contributed by atoms with E-state index in [0.717, 1.165) is 32.5 Å². The van der Waals surface area contributed by atoms with Crippen LogP contribution >= 0.6 is 0 Å². The molecule has 1 fully saturated rings. The first-order valence-electron chi connectivity index (χ1n) is 9.58. The Morgan fingerprint density at radius 1 is 0.955 bits per heavy atom. The van der Waals surface area contributed by atoms with E-state index in [1.165, 1.54) is 57.1 Å². The van der Waals surface area contributed by atoms with E-state index in [0.29, 0.717) is 6.04 Å². The number of nitrogens with zero attached hydrogens (tertiary/aromatic N) is 1. The van der Waals surface area contributed by atoms with Gasteiger partial charge in [-0.05, 0) is 46.0 Å². The van der Waals surface area contributed by atoms with Crippen LogP contribution in [0.4, 0.5) is 0 Å². The Bertz CT molecular complexity index is 279. The summed E-state index contributed by atoms with van der Waals surface area (Å²) in [7, 11) is 0. The molecule has 0 aromatic carbocycles. The van der Waals surface area contributed by atoms with Gasteiger partial charge < -0.3 is 9.47 Å². The molecule has 0 atom stereocenters. The SMILES string of the molecule is CCCCCC(CCC(OCC)OCC)=NC1CCCCC1. The number of ether oxygens (including phenoxy) is 2. The minimum Gasteiger partial charge on any atom is -0.353 e. The fourth-order valence-corrected chi connectivity index (χ4v) is 3.17. The van der Waals surface area contributed by atoms with E-state index < -0.39 is 0 Å². The predicted octanol–water partition coefficient (Wildman–Crippen LogP) is 5.52. The molecule has 0 amide bonds. The fraction of sp³-hybridized carbons (Fsp3) is 0.947. The number of unbranched alkanes of at least 4 members (excludes halogenated alkanes) is 2. The molecular formula is C19H37NO2. The maximum Gasteiger partial charge on any atom is 0.157 e. The summed E-state index contributed by atoms with van der Waals surface area (Å²) in [6, 6.07) is 0.586. The molecule has 0 aromatic heterocycles. The van der Waals surface area contributed by atoms with Gasteiger partial charge in [-0.2, -0.15) is 0 Å². The van der Waals surface area contributed by atoms with Crippen molar-refractivity contribution in [3.8, 4) is 0 Å². The van der Waals surface area contributed by atoms with E-state index >= 15 is 0 Å². The molecule has 0 radical (unpaired) electrons. The van der Waals surface area contributed by atoms with Crippen LogP contribution in [0.5, 0.6) is 0 Å². The Morgan fingerprint density at radius 2 is 1.64 bits per heavy atom. The molecule has 0 spiro atoms. The lowest BCUT2D eigenvalue weighted by Crippen LogP contribution is -2.20. The third-order valence-corrected chi connectivity index (χ3v) is 4.38. The van der Waals surface area contributed by atoms with Crippen LogP contribution in [-0.4, -0.2) is 31.3 Å². The van der Waals surface area contributed by atoms with Gasteiger partial charge in [-0.25, -0.2) is 0 Å². The van der Waals surface area contributed by atoms with Crippen molar-refractivity contribution in [1.29, 1.82) is 0 Å². The first-order valence-corrected chi connectivity index (χ1v) is 9.58. The Kier molecular flexibility index (Phi) is 11.7. The van der Waals surface area contributed by atoms with Gasteiger partial charge in [0.05, 0.1) is 0 Å². The summed E-state index contributed by atoms with van der Waals surface area (Å²) < 4.78 is 11.3. The van der Waals surface area contributed by atoms with Crippen LogP contribution in [0.3, 0.4) is 0 Å². The van der Waals surface area contributed by atoms with Crippen molar-refractivity contribution in [1.82, 2.24) is 0 Å². The molecule has 1 saturated carbocycles. The summed E-state index contributed by atoms with van der Waals surface area (Å²) in [5.41, 5.74) is 1.41. The lowest BCUT2D eigenvalue weighted by atomic mass is 9.95. The zero-order valence-corrected chi connectivity index (χ0v) is 15.1. The van der Waals surface area contributed by atoms with Crippen molar-refractivity contribution in [2.24, 2.45) is 4.99 Å². The summed E-state index contributed by atoms with van der Waals surface area (Å²) in [4.78, 5) is 5.11. The topological polar surface area (TPSA) is 30.8 Å². The van der Waals surface area contributed by atoms with Gasteiger partial charge in [-0.1, -0.05) is 39.0 Å². The maximum absolute atomic E-state index is 5.67. The largest absolute Gasteiger partial charge is 0.353 e. The normalized spacial score (nSPS) is 17.4. The molecule has 0 saturated heterocycles. The molecule has 1 aliphatic carbocycles. The second kappa shape index (κ2) is 13.1. The standard InChI is InChI=1S/C19H37NO2/c1-4-7-9-12-18(20-17-13-10-8-11-14-17)15-16-19(21-5-2)22-6-3/h17,19H,4-16H2,1-3H3. The van der Waals surface area contributed by atoms with Crippen LogP contribution in [-0.2, 0) is 9.47 Å². The molecule has 1 aliphatic rings. The van der Waals surface area contributed by atoms with Gasteiger partial charge in [0, 0.05) is 31.4 Å². The van der Waals surface area contributed by atoms with Crippen molar-refractivity contribution < 1.29 is 9.47 Å². The molecule has 0 aromatic rings. The minimum atomic E-state index is -0.0577. The molecule has 0 bridgehead atoms. The highest BCUT2D eigenvalue weighted by Gasteiger charge is 2.15. The van der Waals surface area contributed by atoms with Crippen molar-refractivity contribution >= 4 is 5.71 Å². The summed E-state index contributed by atoms with van der Waals surface area (Å²) in [5, 5.41) is 0. The highest BCUT2D eigenvalue weighted by Crippen LogP contribution is 2.22. The Morgan fingerprint density at radius 3 is 2.23 bits per heavy atom. The van der Waals surface area contributed by atoms with Gasteiger partial charge in [-0.3, -0.25) is 4.99 Å². The zero-order valence-electron chi connectivity index (χ0n) is 15.1. The van der Waals surface area contributed by atoms with Crippen molar-refractivity contribution in [3.63, 3.8) is 0 Å². The molecule has 22 heavy (non-hydrogen) atoms. The molecule has 0 unspecified atom stereocenters. The molecule has 0 heterocycles. The summed E-state index contributed by atoms with van der Waals surface area (Å²) in [6.45, 7) is 7.76. The summed E-state index contributed by atoms with van der Waals surface area (Å²) in [6.07, 6.45) is 13.6. The smallest absolute Gasteiger partial charge is 0.157 e. The quantitative estimate of drug-likeness (QED) is 0.270. The van der Waals surface area contributed by atoms with Gasteiger partial charge in [0.2, 0.25) is 0 Å². The highest BCUT2D eigenvalue weighted by molar-refractivity contribution is 5.84. The number of hydrogen-bond donors (Lipinski definition) is 0. The molecular weight excluding hydrogens is 274 g/mol. The predicted molar refractivity (Wildman–Crippen MR) is 94.7 cm³/mol. The van der Waals surface area contributed by atoms with Gasteiger partial charge in [-0.15, -0.1) is 0 Å². The van der Waals surface area contributed by atoms with Gasteiger partial charge >= 0.3 is 0 Å². The second-order valence-electron chi connectivity index (χ2n) is 6.32.